The molecule has 1 aromatic rings. The SMILES string of the molecule is COc1cc(F)c(Br)cc1C(=O)O.Cl. The molecular weight excluding hydrogens is 278 g/mol. The third-order valence-corrected chi connectivity index (χ3v) is 2.08. The van der Waals surface area contributed by atoms with Gasteiger partial charge in [-0.2, -0.15) is 0 Å². The number of carbonyl (C=O) groups is 1. The lowest BCUT2D eigenvalue weighted by Gasteiger charge is -2.05. The highest BCUT2D eigenvalue weighted by Crippen LogP contribution is 2.26. The van der Waals surface area contributed by atoms with Crippen molar-refractivity contribution in [3.05, 3.63) is 28.0 Å². The molecule has 0 aliphatic carbocycles. The second kappa shape index (κ2) is 5.17. The highest BCUT2D eigenvalue weighted by atomic mass is 79.9. The molecule has 0 fully saturated rings. The van der Waals surface area contributed by atoms with E-state index >= 15 is 0 Å². The lowest BCUT2D eigenvalue weighted by molar-refractivity contribution is 0.0693. The van der Waals surface area contributed by atoms with Gasteiger partial charge in [-0.25, -0.2) is 9.18 Å². The number of rotatable bonds is 2. The second-order valence-electron chi connectivity index (χ2n) is 2.27. The molecule has 0 unspecified atom stereocenters. The molecule has 0 atom stereocenters. The maximum atomic E-state index is 12.9. The zero-order chi connectivity index (χ0) is 10.0. The van der Waals surface area contributed by atoms with Gasteiger partial charge < -0.3 is 9.84 Å². The van der Waals surface area contributed by atoms with Crippen LogP contribution in [0.5, 0.6) is 5.75 Å². The van der Waals surface area contributed by atoms with Gasteiger partial charge in [-0.3, -0.25) is 0 Å². The minimum atomic E-state index is -1.16. The number of hydrogen-bond donors (Lipinski definition) is 1. The van der Waals surface area contributed by atoms with Crippen LogP contribution in [0.3, 0.4) is 0 Å². The molecule has 0 spiro atoms. The van der Waals surface area contributed by atoms with Gasteiger partial charge in [0.15, 0.2) is 0 Å². The van der Waals surface area contributed by atoms with Crippen molar-refractivity contribution >= 4 is 34.3 Å². The van der Waals surface area contributed by atoms with Gasteiger partial charge in [0, 0.05) is 6.07 Å². The van der Waals surface area contributed by atoms with Crippen molar-refractivity contribution in [3.8, 4) is 5.75 Å². The van der Waals surface area contributed by atoms with Crippen LogP contribution < -0.4 is 4.74 Å². The van der Waals surface area contributed by atoms with Crippen molar-refractivity contribution in [1.82, 2.24) is 0 Å². The molecule has 0 amide bonds. The molecule has 0 aliphatic heterocycles. The van der Waals surface area contributed by atoms with Gasteiger partial charge in [0.1, 0.15) is 17.1 Å². The summed E-state index contributed by atoms with van der Waals surface area (Å²) in [7, 11) is 1.29. The van der Waals surface area contributed by atoms with Crippen molar-refractivity contribution in [2.75, 3.05) is 7.11 Å². The highest BCUT2D eigenvalue weighted by molar-refractivity contribution is 9.10. The minimum Gasteiger partial charge on any atom is -0.496 e. The summed E-state index contributed by atoms with van der Waals surface area (Å²) in [4.78, 5) is 10.6. The summed E-state index contributed by atoms with van der Waals surface area (Å²) in [5, 5.41) is 8.69. The van der Waals surface area contributed by atoms with Crippen LogP contribution >= 0.6 is 28.3 Å². The zero-order valence-corrected chi connectivity index (χ0v) is 9.49. The first-order chi connectivity index (χ1) is 6.06. The third kappa shape index (κ3) is 2.59. The molecule has 1 aromatic carbocycles. The highest BCUT2D eigenvalue weighted by Gasteiger charge is 2.14. The lowest BCUT2D eigenvalue weighted by Crippen LogP contribution is -2.01. The number of ether oxygens (including phenoxy) is 1. The van der Waals surface area contributed by atoms with E-state index in [0.717, 1.165) is 12.1 Å². The average molecular weight is 285 g/mol. The minimum absolute atomic E-state index is 0. The molecule has 0 bridgehead atoms. The standard InChI is InChI=1S/C8H6BrFO3.ClH/c1-13-7-3-6(10)5(9)2-4(7)8(11)12;/h2-3H,1H3,(H,11,12);1H. The number of carboxylic acids is 1. The first kappa shape index (κ1) is 13.2. The number of halogens is 3. The number of benzene rings is 1. The summed E-state index contributed by atoms with van der Waals surface area (Å²) in [6, 6.07) is 2.18. The van der Waals surface area contributed by atoms with Crippen LogP contribution in [0.25, 0.3) is 0 Å². The maximum absolute atomic E-state index is 12.9. The molecular formula is C8H7BrClFO3. The molecule has 1 rings (SSSR count). The maximum Gasteiger partial charge on any atom is 0.339 e. The topological polar surface area (TPSA) is 46.5 Å². The fourth-order valence-corrected chi connectivity index (χ4v) is 1.21. The molecule has 6 heteroatoms. The predicted octanol–water partition coefficient (Wildman–Crippen LogP) is 2.72. The molecule has 0 aromatic heterocycles. The van der Waals surface area contributed by atoms with Crippen molar-refractivity contribution in [3.63, 3.8) is 0 Å². The molecule has 14 heavy (non-hydrogen) atoms. The van der Waals surface area contributed by atoms with Crippen molar-refractivity contribution in [2.24, 2.45) is 0 Å². The van der Waals surface area contributed by atoms with Gasteiger partial charge in [0.05, 0.1) is 11.6 Å². The number of hydrogen-bond acceptors (Lipinski definition) is 2. The first-order valence-electron chi connectivity index (χ1n) is 3.32. The summed E-state index contributed by atoms with van der Waals surface area (Å²) in [6.07, 6.45) is 0. The second-order valence-corrected chi connectivity index (χ2v) is 3.13. The molecule has 78 valence electrons. The van der Waals surface area contributed by atoms with E-state index in [-0.39, 0.29) is 28.2 Å². The van der Waals surface area contributed by atoms with E-state index in [4.69, 9.17) is 9.84 Å². The van der Waals surface area contributed by atoms with E-state index in [0.29, 0.717) is 0 Å². The monoisotopic (exact) mass is 284 g/mol. The van der Waals surface area contributed by atoms with Crippen LogP contribution in [0, 0.1) is 5.82 Å². The van der Waals surface area contributed by atoms with Crippen molar-refractivity contribution in [1.29, 1.82) is 0 Å². The van der Waals surface area contributed by atoms with Crippen LogP contribution in [0.4, 0.5) is 4.39 Å². The van der Waals surface area contributed by atoms with E-state index in [2.05, 4.69) is 15.9 Å². The Kier molecular flexibility index (Phi) is 4.87. The molecule has 0 aliphatic rings. The van der Waals surface area contributed by atoms with Gasteiger partial charge in [-0.1, -0.05) is 0 Å². The molecule has 0 heterocycles. The number of methoxy groups -OCH3 is 1. The van der Waals surface area contributed by atoms with Gasteiger partial charge in [0.2, 0.25) is 0 Å². The van der Waals surface area contributed by atoms with Crippen LogP contribution in [0.1, 0.15) is 10.4 Å². The Labute approximate surface area is 94.4 Å². The number of aromatic carboxylic acids is 1. The summed E-state index contributed by atoms with van der Waals surface area (Å²) in [5.41, 5.74) is -0.0734. The molecule has 0 radical (unpaired) electrons. The third-order valence-electron chi connectivity index (χ3n) is 1.47. The van der Waals surface area contributed by atoms with Crippen LogP contribution in [0.2, 0.25) is 0 Å². The smallest absolute Gasteiger partial charge is 0.339 e. The summed E-state index contributed by atoms with van der Waals surface area (Å²) >= 11 is 2.88. The fourth-order valence-electron chi connectivity index (χ4n) is 0.865. The molecule has 1 N–H and O–H groups in total. The van der Waals surface area contributed by atoms with E-state index < -0.39 is 11.8 Å². The Morgan fingerprint density at radius 2 is 2.14 bits per heavy atom. The van der Waals surface area contributed by atoms with Gasteiger partial charge in [-0.15, -0.1) is 12.4 Å². The fraction of sp³-hybridized carbons (Fsp3) is 0.125. The van der Waals surface area contributed by atoms with Crippen molar-refractivity contribution in [2.45, 2.75) is 0 Å². The lowest BCUT2D eigenvalue weighted by atomic mass is 10.2. The Morgan fingerprint density at radius 3 is 2.57 bits per heavy atom. The van der Waals surface area contributed by atoms with Crippen LogP contribution in [0.15, 0.2) is 16.6 Å². The van der Waals surface area contributed by atoms with Gasteiger partial charge in [-0.05, 0) is 22.0 Å². The van der Waals surface area contributed by atoms with E-state index in [9.17, 15) is 9.18 Å². The Bertz CT molecular complexity index is 357. The average Bonchev–Trinajstić information content (AvgIpc) is 2.08. The van der Waals surface area contributed by atoms with Crippen LogP contribution in [-0.4, -0.2) is 18.2 Å². The molecule has 0 saturated heterocycles. The quantitative estimate of drug-likeness (QED) is 0.909. The van der Waals surface area contributed by atoms with E-state index in [1.165, 1.54) is 7.11 Å². The Morgan fingerprint density at radius 1 is 1.57 bits per heavy atom. The van der Waals surface area contributed by atoms with Gasteiger partial charge >= 0.3 is 5.97 Å². The van der Waals surface area contributed by atoms with Crippen LogP contribution in [-0.2, 0) is 0 Å². The van der Waals surface area contributed by atoms with Gasteiger partial charge in [0.25, 0.3) is 0 Å². The summed E-state index contributed by atoms with van der Waals surface area (Å²) in [5.74, 6) is -1.70. The first-order valence-corrected chi connectivity index (χ1v) is 4.12. The largest absolute Gasteiger partial charge is 0.496 e. The van der Waals surface area contributed by atoms with E-state index in [1.807, 2.05) is 0 Å². The van der Waals surface area contributed by atoms with Crippen molar-refractivity contribution < 1.29 is 19.0 Å². The Balaban J connectivity index is 0.00000169. The summed E-state index contributed by atoms with van der Waals surface area (Å²) < 4.78 is 17.7. The van der Waals surface area contributed by atoms with E-state index in [1.54, 1.807) is 0 Å². The zero-order valence-electron chi connectivity index (χ0n) is 7.08. The normalized spacial score (nSPS) is 9.07. The Hall–Kier alpha value is -0.810. The number of carboxylic acid groups (broad SMARTS) is 1. The predicted molar refractivity (Wildman–Crippen MR) is 54.9 cm³/mol. The molecule has 3 nitrogen and oxygen atoms in total. The summed E-state index contributed by atoms with van der Waals surface area (Å²) in [6.45, 7) is 0. The molecule has 0 saturated carbocycles.